The van der Waals surface area contributed by atoms with Crippen molar-refractivity contribution in [2.75, 3.05) is 6.54 Å². The number of nitrogens with one attached hydrogen (secondary N) is 1. The van der Waals surface area contributed by atoms with Crippen molar-refractivity contribution >= 4 is 10.9 Å². The van der Waals surface area contributed by atoms with Crippen LogP contribution in [0, 0.1) is 0 Å². The van der Waals surface area contributed by atoms with E-state index in [1.165, 1.54) is 22.9 Å². The van der Waals surface area contributed by atoms with Crippen LogP contribution < -0.4 is 5.32 Å². The Bertz CT molecular complexity index is 672. The lowest BCUT2D eigenvalue weighted by Gasteiger charge is -2.06. The topological polar surface area (TPSA) is 55.9 Å². The third-order valence-electron chi connectivity index (χ3n) is 3.36. The number of fused-ring (bicyclic) bond motifs is 1. The molecule has 1 aromatic carbocycles. The summed E-state index contributed by atoms with van der Waals surface area (Å²) in [5.41, 5.74) is 2.52. The van der Waals surface area contributed by atoms with Crippen LogP contribution in [0.5, 0.6) is 0 Å². The van der Waals surface area contributed by atoms with Crippen LogP contribution in [0.25, 0.3) is 10.9 Å². The maximum Gasteiger partial charge on any atom is 0.213 e. The van der Waals surface area contributed by atoms with Crippen molar-refractivity contribution in [2.45, 2.75) is 26.4 Å². The first kappa shape index (κ1) is 12.9. The summed E-state index contributed by atoms with van der Waals surface area (Å²) in [6.07, 6.45) is 4.58. The summed E-state index contributed by atoms with van der Waals surface area (Å²) >= 11 is 0. The van der Waals surface area contributed by atoms with Crippen LogP contribution in [0.15, 0.2) is 41.4 Å². The highest BCUT2D eigenvalue weighted by atomic mass is 16.5. The maximum atomic E-state index is 4.78. The molecule has 0 spiro atoms. The molecule has 0 fully saturated rings. The van der Waals surface area contributed by atoms with Crippen LogP contribution in [-0.4, -0.2) is 21.3 Å². The van der Waals surface area contributed by atoms with E-state index in [1.807, 2.05) is 0 Å². The molecule has 5 nitrogen and oxygen atoms in total. The molecule has 2 aromatic heterocycles. The van der Waals surface area contributed by atoms with E-state index in [-0.39, 0.29) is 0 Å². The van der Waals surface area contributed by atoms with Gasteiger partial charge in [0.15, 0.2) is 5.82 Å². The third kappa shape index (κ3) is 2.58. The zero-order valence-electron chi connectivity index (χ0n) is 11.5. The van der Waals surface area contributed by atoms with E-state index in [0.717, 1.165) is 19.5 Å². The van der Waals surface area contributed by atoms with Gasteiger partial charge < -0.3 is 14.4 Å². The number of nitrogens with zero attached hydrogens (tertiary/aromatic N) is 3. The molecule has 5 heteroatoms. The Hall–Kier alpha value is -2.14. The zero-order valence-corrected chi connectivity index (χ0v) is 11.5. The summed E-state index contributed by atoms with van der Waals surface area (Å²) in [4.78, 5) is 4.07. The molecule has 0 radical (unpaired) electrons. The average Bonchev–Trinajstić information content (AvgIpc) is 3.11. The van der Waals surface area contributed by atoms with Crippen molar-refractivity contribution in [1.29, 1.82) is 0 Å². The van der Waals surface area contributed by atoms with E-state index >= 15 is 0 Å². The molecule has 0 bridgehead atoms. The first-order valence-corrected chi connectivity index (χ1v) is 6.91. The van der Waals surface area contributed by atoms with E-state index < -0.39 is 0 Å². The fourth-order valence-electron chi connectivity index (χ4n) is 2.39. The molecule has 3 aromatic rings. The van der Waals surface area contributed by atoms with E-state index in [2.05, 4.69) is 57.4 Å². The van der Waals surface area contributed by atoms with Crippen molar-refractivity contribution in [2.24, 2.45) is 0 Å². The highest BCUT2D eigenvalue weighted by Crippen LogP contribution is 2.20. The lowest BCUT2D eigenvalue weighted by atomic mass is 10.1. The number of aromatic nitrogens is 3. The van der Waals surface area contributed by atoms with Crippen molar-refractivity contribution < 1.29 is 4.52 Å². The van der Waals surface area contributed by atoms with Crippen LogP contribution in [0.1, 0.15) is 24.7 Å². The Morgan fingerprint density at radius 3 is 3.05 bits per heavy atom. The molecule has 0 unspecified atom stereocenters. The monoisotopic (exact) mass is 270 g/mol. The molecule has 104 valence electrons. The molecule has 20 heavy (non-hydrogen) atoms. The van der Waals surface area contributed by atoms with Crippen molar-refractivity contribution in [3.8, 4) is 0 Å². The first-order chi connectivity index (χ1) is 9.88. The van der Waals surface area contributed by atoms with E-state index in [0.29, 0.717) is 12.4 Å². The minimum Gasteiger partial charge on any atom is -0.343 e. The fraction of sp³-hybridized carbons (Fsp3) is 0.333. The highest BCUT2D eigenvalue weighted by molar-refractivity contribution is 5.83. The predicted octanol–water partition coefficient (Wildman–Crippen LogP) is 2.57. The lowest BCUT2D eigenvalue weighted by molar-refractivity contribution is 0.408. The van der Waals surface area contributed by atoms with E-state index in [9.17, 15) is 0 Å². The van der Waals surface area contributed by atoms with Gasteiger partial charge in [-0.1, -0.05) is 24.2 Å². The molecule has 0 aliphatic heterocycles. The Morgan fingerprint density at radius 1 is 1.30 bits per heavy atom. The molecule has 0 saturated carbocycles. The normalized spacial score (nSPS) is 11.2. The summed E-state index contributed by atoms with van der Waals surface area (Å²) in [5, 5.41) is 8.59. The molecule has 0 saturated heterocycles. The fourth-order valence-corrected chi connectivity index (χ4v) is 2.39. The minimum absolute atomic E-state index is 0.631. The largest absolute Gasteiger partial charge is 0.343 e. The van der Waals surface area contributed by atoms with Crippen LogP contribution in [0.4, 0.5) is 0 Å². The van der Waals surface area contributed by atoms with Gasteiger partial charge in [-0.05, 0) is 30.7 Å². The Labute approximate surface area is 117 Å². The van der Waals surface area contributed by atoms with Crippen LogP contribution in [0.2, 0.25) is 0 Å². The van der Waals surface area contributed by atoms with Crippen molar-refractivity contribution in [3.63, 3.8) is 0 Å². The molecule has 0 aliphatic carbocycles. The maximum absolute atomic E-state index is 4.78. The summed E-state index contributed by atoms with van der Waals surface area (Å²) < 4.78 is 6.92. The highest BCUT2D eigenvalue weighted by Gasteiger charge is 2.07. The van der Waals surface area contributed by atoms with Gasteiger partial charge in [-0.25, -0.2) is 0 Å². The van der Waals surface area contributed by atoms with Gasteiger partial charge >= 0.3 is 0 Å². The van der Waals surface area contributed by atoms with Gasteiger partial charge in [0.05, 0.1) is 6.54 Å². The minimum atomic E-state index is 0.631. The van der Waals surface area contributed by atoms with Crippen molar-refractivity contribution in [1.82, 2.24) is 20.0 Å². The number of benzene rings is 1. The second-order valence-corrected chi connectivity index (χ2v) is 4.82. The quantitative estimate of drug-likeness (QED) is 0.699. The molecular formula is C15H18N4O. The van der Waals surface area contributed by atoms with Gasteiger partial charge in [-0.3, -0.25) is 0 Å². The Morgan fingerprint density at radius 2 is 2.25 bits per heavy atom. The summed E-state index contributed by atoms with van der Waals surface area (Å²) in [5.74, 6) is 0.692. The van der Waals surface area contributed by atoms with Crippen LogP contribution >= 0.6 is 0 Å². The molecule has 1 N–H and O–H groups in total. The molecule has 0 aliphatic rings. The van der Waals surface area contributed by atoms with Crippen LogP contribution in [-0.2, 0) is 13.1 Å². The van der Waals surface area contributed by atoms with Crippen molar-refractivity contribution in [3.05, 3.63) is 48.2 Å². The summed E-state index contributed by atoms with van der Waals surface area (Å²) in [6, 6.07) is 8.54. The van der Waals surface area contributed by atoms with Crippen LogP contribution in [0.3, 0.4) is 0 Å². The number of hydrogen-bond acceptors (Lipinski definition) is 4. The number of rotatable bonds is 6. The lowest BCUT2D eigenvalue weighted by Crippen LogP contribution is -2.13. The molecule has 0 amide bonds. The van der Waals surface area contributed by atoms with Gasteiger partial charge in [-0.15, -0.1) is 0 Å². The third-order valence-corrected chi connectivity index (χ3v) is 3.36. The van der Waals surface area contributed by atoms with Gasteiger partial charge in [0.1, 0.15) is 0 Å². The second-order valence-electron chi connectivity index (χ2n) is 4.82. The van der Waals surface area contributed by atoms with Gasteiger partial charge in [0.25, 0.3) is 0 Å². The van der Waals surface area contributed by atoms with Gasteiger partial charge in [-0.2, -0.15) is 4.98 Å². The first-order valence-electron chi connectivity index (χ1n) is 6.91. The van der Waals surface area contributed by atoms with Gasteiger partial charge in [0, 0.05) is 23.6 Å². The second kappa shape index (κ2) is 5.88. The number of hydrogen-bond donors (Lipinski definition) is 1. The summed E-state index contributed by atoms with van der Waals surface area (Å²) in [6.45, 7) is 4.75. The Kier molecular flexibility index (Phi) is 3.78. The molecule has 3 rings (SSSR count). The zero-order chi connectivity index (χ0) is 13.8. The standard InChI is InChI=1S/C15H18N4O/c1-2-7-16-9-12-4-3-5-14-13(12)6-8-19(14)10-15-17-11-20-18-15/h3-6,8,11,16H,2,7,9-10H2,1H3. The molecule has 0 atom stereocenters. The molecule has 2 heterocycles. The SMILES string of the molecule is CCCNCc1cccc2c1ccn2Cc1ncon1. The summed E-state index contributed by atoms with van der Waals surface area (Å²) in [7, 11) is 0. The smallest absolute Gasteiger partial charge is 0.213 e. The Balaban J connectivity index is 1.87. The molecular weight excluding hydrogens is 252 g/mol. The van der Waals surface area contributed by atoms with Gasteiger partial charge in [0.2, 0.25) is 6.39 Å². The van der Waals surface area contributed by atoms with E-state index in [1.54, 1.807) is 0 Å². The van der Waals surface area contributed by atoms with E-state index in [4.69, 9.17) is 4.52 Å². The predicted molar refractivity (Wildman–Crippen MR) is 77.3 cm³/mol. The average molecular weight is 270 g/mol.